The van der Waals surface area contributed by atoms with Crippen LogP contribution in [0.2, 0.25) is 0 Å². The van der Waals surface area contributed by atoms with Gasteiger partial charge in [-0.05, 0) is 6.07 Å². The van der Waals surface area contributed by atoms with Crippen LogP contribution in [0.4, 0.5) is 5.69 Å². The summed E-state index contributed by atoms with van der Waals surface area (Å²) >= 11 is 0.968. The lowest BCUT2D eigenvalue weighted by atomic mass is 10.4. The summed E-state index contributed by atoms with van der Waals surface area (Å²) in [7, 11) is -3.76. The van der Waals surface area contributed by atoms with Crippen molar-refractivity contribution in [1.29, 1.82) is 0 Å². The molecule has 0 fully saturated rings. The first kappa shape index (κ1) is 13.7. The van der Waals surface area contributed by atoms with Crippen LogP contribution in [0.1, 0.15) is 5.69 Å². The number of sulfonamides is 1. The number of nitrogen functional groups attached to an aromatic ring is 1. The third kappa shape index (κ3) is 3.17. The van der Waals surface area contributed by atoms with Gasteiger partial charge in [0.05, 0.1) is 12.2 Å². The minimum absolute atomic E-state index is 0.0139. The van der Waals surface area contributed by atoms with E-state index in [-0.39, 0.29) is 22.0 Å². The molecule has 0 radical (unpaired) electrons. The molecule has 10 heteroatoms. The molecule has 0 bridgehead atoms. The standard InChI is InChI=1S/C9H11N5O3S2/c10-14-7-1-2-11-4-8(7)19(16,17)12-3-6-5-18-9(15)13-6/h1-2,4-5,12H,3,10H2,(H,11,14)(H,13,15). The summed E-state index contributed by atoms with van der Waals surface area (Å²) in [5.41, 5.74) is 3.02. The van der Waals surface area contributed by atoms with E-state index in [9.17, 15) is 13.2 Å². The number of anilines is 1. The van der Waals surface area contributed by atoms with Gasteiger partial charge in [-0.15, -0.1) is 0 Å². The number of nitrogens with two attached hydrogens (primary N) is 1. The predicted octanol–water partition coefficient (Wildman–Crippen LogP) is -0.404. The molecular weight excluding hydrogens is 290 g/mol. The van der Waals surface area contributed by atoms with E-state index < -0.39 is 10.0 Å². The number of hydrogen-bond acceptors (Lipinski definition) is 7. The maximum atomic E-state index is 12.1. The number of aromatic amines is 1. The minimum Gasteiger partial charge on any atom is -0.323 e. The zero-order valence-electron chi connectivity index (χ0n) is 9.58. The number of pyridine rings is 1. The van der Waals surface area contributed by atoms with E-state index in [1.54, 1.807) is 5.38 Å². The van der Waals surface area contributed by atoms with E-state index >= 15 is 0 Å². The second-order valence-corrected chi connectivity index (χ2v) is 6.09. The summed E-state index contributed by atoms with van der Waals surface area (Å²) < 4.78 is 26.5. The van der Waals surface area contributed by atoms with Crippen LogP contribution in [0, 0.1) is 0 Å². The summed E-state index contributed by atoms with van der Waals surface area (Å²) in [6.45, 7) is -0.0139. The quantitative estimate of drug-likeness (QED) is 0.439. The molecule has 2 aromatic rings. The zero-order chi connectivity index (χ0) is 13.9. The molecule has 0 aromatic carbocycles. The SMILES string of the molecule is NNc1ccncc1S(=O)(=O)NCc1csc(=O)[nH]1. The van der Waals surface area contributed by atoms with Crippen LogP contribution in [-0.2, 0) is 16.6 Å². The number of nitrogens with one attached hydrogen (secondary N) is 3. The first-order valence-electron chi connectivity index (χ1n) is 5.10. The molecule has 0 saturated carbocycles. The smallest absolute Gasteiger partial charge is 0.304 e. The van der Waals surface area contributed by atoms with Crippen LogP contribution >= 0.6 is 11.3 Å². The first-order valence-corrected chi connectivity index (χ1v) is 7.46. The number of hydrogen-bond donors (Lipinski definition) is 4. The van der Waals surface area contributed by atoms with Crippen LogP contribution < -0.4 is 20.9 Å². The molecule has 0 amide bonds. The van der Waals surface area contributed by atoms with E-state index in [1.165, 1.54) is 18.5 Å². The van der Waals surface area contributed by atoms with Gasteiger partial charge < -0.3 is 10.4 Å². The van der Waals surface area contributed by atoms with Crippen molar-refractivity contribution < 1.29 is 8.42 Å². The van der Waals surface area contributed by atoms with Crippen molar-refractivity contribution in [1.82, 2.24) is 14.7 Å². The van der Waals surface area contributed by atoms with Crippen molar-refractivity contribution in [3.05, 3.63) is 39.2 Å². The molecule has 0 spiro atoms. The highest BCUT2D eigenvalue weighted by molar-refractivity contribution is 7.89. The summed E-state index contributed by atoms with van der Waals surface area (Å²) in [5.74, 6) is 5.24. The number of aromatic nitrogens is 2. The molecule has 2 aromatic heterocycles. The fourth-order valence-electron chi connectivity index (χ4n) is 1.36. The van der Waals surface area contributed by atoms with Crippen molar-refractivity contribution in [3.8, 4) is 0 Å². The van der Waals surface area contributed by atoms with Gasteiger partial charge in [0.25, 0.3) is 0 Å². The fourth-order valence-corrected chi connectivity index (χ4v) is 3.06. The second kappa shape index (κ2) is 5.48. The molecule has 5 N–H and O–H groups in total. The van der Waals surface area contributed by atoms with E-state index in [4.69, 9.17) is 5.84 Å². The number of H-pyrrole nitrogens is 1. The maximum absolute atomic E-state index is 12.1. The third-order valence-corrected chi connectivity index (χ3v) is 4.40. The zero-order valence-corrected chi connectivity index (χ0v) is 11.2. The maximum Gasteiger partial charge on any atom is 0.304 e. The number of rotatable bonds is 5. The van der Waals surface area contributed by atoms with Crippen LogP contribution in [-0.4, -0.2) is 18.4 Å². The van der Waals surface area contributed by atoms with Gasteiger partial charge in [-0.1, -0.05) is 11.3 Å². The number of hydrazine groups is 1. The monoisotopic (exact) mass is 301 g/mol. The Morgan fingerprint density at radius 2 is 2.26 bits per heavy atom. The topological polar surface area (TPSA) is 130 Å². The lowest BCUT2D eigenvalue weighted by molar-refractivity contribution is 0.580. The molecule has 19 heavy (non-hydrogen) atoms. The molecule has 0 atom stereocenters. The van der Waals surface area contributed by atoms with Crippen molar-refractivity contribution >= 4 is 27.0 Å². The Bertz CT molecular complexity index is 721. The van der Waals surface area contributed by atoms with Crippen molar-refractivity contribution in [2.75, 3.05) is 5.43 Å². The normalized spacial score (nSPS) is 11.4. The second-order valence-electron chi connectivity index (χ2n) is 3.51. The van der Waals surface area contributed by atoms with Crippen LogP contribution in [0.3, 0.4) is 0 Å². The average molecular weight is 301 g/mol. The van der Waals surface area contributed by atoms with E-state index in [0.717, 1.165) is 11.3 Å². The molecule has 0 aliphatic rings. The van der Waals surface area contributed by atoms with Gasteiger partial charge >= 0.3 is 4.87 Å². The Morgan fingerprint density at radius 1 is 1.47 bits per heavy atom. The highest BCUT2D eigenvalue weighted by atomic mass is 32.2. The fraction of sp³-hybridized carbons (Fsp3) is 0.111. The Morgan fingerprint density at radius 3 is 2.89 bits per heavy atom. The molecule has 2 heterocycles. The Labute approximate surface area is 112 Å². The van der Waals surface area contributed by atoms with Gasteiger partial charge in [-0.2, -0.15) is 0 Å². The summed E-state index contributed by atoms with van der Waals surface area (Å²) in [6.07, 6.45) is 2.61. The molecule has 2 rings (SSSR count). The molecule has 0 aliphatic carbocycles. The van der Waals surface area contributed by atoms with Crippen molar-refractivity contribution in [2.45, 2.75) is 11.4 Å². The van der Waals surface area contributed by atoms with Crippen LogP contribution in [0.5, 0.6) is 0 Å². The van der Waals surface area contributed by atoms with Gasteiger partial charge in [0.15, 0.2) is 0 Å². The van der Waals surface area contributed by atoms with E-state index in [1.807, 2.05) is 0 Å². The largest absolute Gasteiger partial charge is 0.323 e. The van der Waals surface area contributed by atoms with Gasteiger partial charge in [0, 0.05) is 23.5 Å². The number of thiazole rings is 1. The minimum atomic E-state index is -3.76. The Balaban J connectivity index is 2.20. The van der Waals surface area contributed by atoms with E-state index in [0.29, 0.717) is 5.69 Å². The third-order valence-electron chi connectivity index (χ3n) is 2.25. The predicted molar refractivity (Wildman–Crippen MR) is 71.0 cm³/mol. The van der Waals surface area contributed by atoms with Gasteiger partial charge in [-0.25, -0.2) is 13.1 Å². The van der Waals surface area contributed by atoms with Gasteiger partial charge in [0.2, 0.25) is 10.0 Å². The summed E-state index contributed by atoms with van der Waals surface area (Å²) in [4.78, 5) is 16.9. The van der Waals surface area contributed by atoms with Crippen LogP contribution in [0.15, 0.2) is 33.5 Å². The van der Waals surface area contributed by atoms with E-state index in [2.05, 4.69) is 20.1 Å². The number of nitrogens with zero attached hydrogens (tertiary/aromatic N) is 1. The molecule has 0 aliphatic heterocycles. The molecule has 0 saturated heterocycles. The molecule has 8 nitrogen and oxygen atoms in total. The Hall–Kier alpha value is -1.75. The van der Waals surface area contributed by atoms with Gasteiger partial charge in [0.1, 0.15) is 4.90 Å². The Kier molecular flexibility index (Phi) is 3.95. The molecule has 102 valence electrons. The lowest BCUT2D eigenvalue weighted by Crippen LogP contribution is -2.25. The highest BCUT2D eigenvalue weighted by Gasteiger charge is 2.18. The highest BCUT2D eigenvalue weighted by Crippen LogP contribution is 2.18. The van der Waals surface area contributed by atoms with Crippen molar-refractivity contribution in [2.24, 2.45) is 5.84 Å². The van der Waals surface area contributed by atoms with Crippen LogP contribution in [0.25, 0.3) is 0 Å². The average Bonchev–Trinajstić information content (AvgIpc) is 2.82. The molecule has 0 unspecified atom stereocenters. The summed E-state index contributed by atoms with van der Waals surface area (Å²) in [5, 5.41) is 1.55. The van der Waals surface area contributed by atoms with Gasteiger partial charge in [-0.3, -0.25) is 15.6 Å². The first-order chi connectivity index (χ1) is 9.03. The molecular formula is C9H11N5O3S2. The summed E-state index contributed by atoms with van der Waals surface area (Å²) in [6, 6.07) is 1.45. The van der Waals surface area contributed by atoms with Crippen molar-refractivity contribution in [3.63, 3.8) is 0 Å². The lowest BCUT2D eigenvalue weighted by Gasteiger charge is -2.09.